The van der Waals surface area contributed by atoms with Gasteiger partial charge in [0.05, 0.1) is 11.9 Å². The maximum absolute atomic E-state index is 4.75. The predicted molar refractivity (Wildman–Crippen MR) is 78.3 cm³/mol. The lowest BCUT2D eigenvalue weighted by atomic mass is 10.1. The Morgan fingerprint density at radius 3 is 2.89 bits per heavy atom. The van der Waals surface area contributed by atoms with Crippen LogP contribution in [0.2, 0.25) is 0 Å². The number of hydrogen-bond donors (Lipinski definition) is 1. The third-order valence-electron chi connectivity index (χ3n) is 3.89. The first-order valence-electron chi connectivity index (χ1n) is 7.27. The largest absolute Gasteiger partial charge is 0.366 e. The molecule has 1 aromatic rings. The van der Waals surface area contributed by atoms with E-state index in [9.17, 15) is 0 Å². The Kier molecular flexibility index (Phi) is 3.99. The molecule has 0 amide bonds. The number of amidine groups is 1. The molecule has 1 atom stereocenters. The number of thiophene rings is 1. The molecule has 3 rings (SSSR count). The number of aliphatic imine (C=N–C) groups is 1. The van der Waals surface area contributed by atoms with E-state index in [0.29, 0.717) is 6.04 Å². The Hall–Kier alpha value is -0.830. The van der Waals surface area contributed by atoms with Crippen LogP contribution in [0.5, 0.6) is 0 Å². The minimum Gasteiger partial charge on any atom is -0.366 e. The van der Waals surface area contributed by atoms with E-state index in [0.717, 1.165) is 18.9 Å². The third-order valence-corrected chi connectivity index (χ3v) is 4.84. The smallest absolute Gasteiger partial charge is 0.0968 e. The molecule has 1 aromatic heterocycles. The summed E-state index contributed by atoms with van der Waals surface area (Å²) >= 11 is 1.88. The lowest BCUT2D eigenvalue weighted by Crippen LogP contribution is -2.30. The molecule has 0 aromatic carbocycles. The normalized spacial score (nSPS) is 22.8. The Labute approximate surface area is 114 Å². The lowest BCUT2D eigenvalue weighted by Gasteiger charge is -2.21. The zero-order chi connectivity index (χ0) is 12.2. The van der Waals surface area contributed by atoms with Crippen molar-refractivity contribution in [1.29, 1.82) is 0 Å². The number of rotatable bonds is 3. The molecule has 98 valence electrons. The van der Waals surface area contributed by atoms with Crippen LogP contribution in [0.3, 0.4) is 0 Å². The number of nitrogens with one attached hydrogen (secondary N) is 1. The quantitative estimate of drug-likeness (QED) is 0.869. The minimum atomic E-state index is 0.531. The SMILES string of the molecule is c1csc(C(NC2=NCCCCCC2)C2CC2)c1. The maximum Gasteiger partial charge on any atom is 0.0968 e. The van der Waals surface area contributed by atoms with Crippen molar-refractivity contribution in [2.24, 2.45) is 10.9 Å². The summed E-state index contributed by atoms with van der Waals surface area (Å²) in [5.41, 5.74) is 0. The molecule has 1 fully saturated rings. The molecule has 18 heavy (non-hydrogen) atoms. The zero-order valence-corrected chi connectivity index (χ0v) is 11.7. The number of nitrogens with zero attached hydrogens (tertiary/aromatic N) is 1. The topological polar surface area (TPSA) is 24.4 Å². The summed E-state index contributed by atoms with van der Waals surface area (Å²) in [7, 11) is 0. The Morgan fingerprint density at radius 1 is 1.22 bits per heavy atom. The van der Waals surface area contributed by atoms with Gasteiger partial charge in [-0.05, 0) is 43.0 Å². The first-order valence-corrected chi connectivity index (χ1v) is 8.15. The van der Waals surface area contributed by atoms with Crippen molar-refractivity contribution < 1.29 is 0 Å². The summed E-state index contributed by atoms with van der Waals surface area (Å²) in [6, 6.07) is 4.96. The van der Waals surface area contributed by atoms with Gasteiger partial charge in [0.1, 0.15) is 0 Å². The van der Waals surface area contributed by atoms with Crippen molar-refractivity contribution in [2.45, 2.75) is 51.0 Å². The first kappa shape index (κ1) is 12.2. The van der Waals surface area contributed by atoms with Gasteiger partial charge >= 0.3 is 0 Å². The predicted octanol–water partition coefficient (Wildman–Crippen LogP) is 4.15. The first-order chi connectivity index (χ1) is 8.93. The fraction of sp³-hybridized carbons (Fsp3) is 0.667. The van der Waals surface area contributed by atoms with Crippen LogP contribution in [0.4, 0.5) is 0 Å². The van der Waals surface area contributed by atoms with Crippen molar-refractivity contribution in [3.05, 3.63) is 22.4 Å². The summed E-state index contributed by atoms with van der Waals surface area (Å²) in [6.07, 6.45) is 9.19. The van der Waals surface area contributed by atoms with E-state index in [4.69, 9.17) is 4.99 Å². The Balaban J connectivity index is 1.68. The highest BCUT2D eigenvalue weighted by molar-refractivity contribution is 7.10. The van der Waals surface area contributed by atoms with E-state index in [1.165, 1.54) is 49.2 Å². The van der Waals surface area contributed by atoms with Gasteiger partial charge in [-0.3, -0.25) is 4.99 Å². The van der Waals surface area contributed by atoms with Crippen molar-refractivity contribution in [3.8, 4) is 0 Å². The van der Waals surface area contributed by atoms with Crippen molar-refractivity contribution in [2.75, 3.05) is 6.54 Å². The highest BCUT2D eigenvalue weighted by Gasteiger charge is 2.33. The summed E-state index contributed by atoms with van der Waals surface area (Å²) in [6.45, 7) is 1.02. The van der Waals surface area contributed by atoms with Gasteiger partial charge in [-0.2, -0.15) is 0 Å². The molecule has 2 nitrogen and oxygen atoms in total. The highest BCUT2D eigenvalue weighted by atomic mass is 32.1. The van der Waals surface area contributed by atoms with Gasteiger partial charge in [0, 0.05) is 17.8 Å². The summed E-state index contributed by atoms with van der Waals surface area (Å²) in [5.74, 6) is 2.11. The highest BCUT2D eigenvalue weighted by Crippen LogP contribution is 2.42. The fourth-order valence-corrected chi connectivity index (χ4v) is 3.54. The van der Waals surface area contributed by atoms with E-state index in [2.05, 4.69) is 22.8 Å². The van der Waals surface area contributed by atoms with E-state index in [1.54, 1.807) is 0 Å². The molecular weight excluding hydrogens is 240 g/mol. The van der Waals surface area contributed by atoms with Gasteiger partial charge in [-0.1, -0.05) is 18.9 Å². The monoisotopic (exact) mass is 262 g/mol. The van der Waals surface area contributed by atoms with Crippen molar-refractivity contribution in [1.82, 2.24) is 5.32 Å². The van der Waals surface area contributed by atoms with Gasteiger partial charge in [-0.25, -0.2) is 0 Å². The van der Waals surface area contributed by atoms with Crippen molar-refractivity contribution >= 4 is 17.2 Å². The van der Waals surface area contributed by atoms with Crippen LogP contribution < -0.4 is 5.32 Å². The molecule has 1 unspecified atom stereocenters. The second-order valence-electron chi connectivity index (χ2n) is 5.47. The molecule has 1 N–H and O–H groups in total. The van der Waals surface area contributed by atoms with Gasteiger partial charge < -0.3 is 5.32 Å². The molecule has 0 spiro atoms. The molecule has 2 heterocycles. The number of hydrogen-bond acceptors (Lipinski definition) is 3. The molecule has 0 saturated heterocycles. The average molecular weight is 262 g/mol. The van der Waals surface area contributed by atoms with Gasteiger partial charge in [0.15, 0.2) is 0 Å². The third kappa shape index (κ3) is 3.14. The Morgan fingerprint density at radius 2 is 2.11 bits per heavy atom. The fourth-order valence-electron chi connectivity index (χ4n) is 2.67. The molecule has 1 saturated carbocycles. The summed E-state index contributed by atoms with van der Waals surface area (Å²) in [4.78, 5) is 6.24. The minimum absolute atomic E-state index is 0.531. The van der Waals surface area contributed by atoms with E-state index >= 15 is 0 Å². The van der Waals surface area contributed by atoms with Crippen LogP contribution in [0, 0.1) is 5.92 Å². The van der Waals surface area contributed by atoms with Crippen molar-refractivity contribution in [3.63, 3.8) is 0 Å². The summed E-state index contributed by atoms with van der Waals surface area (Å²) < 4.78 is 0. The second kappa shape index (κ2) is 5.87. The lowest BCUT2D eigenvalue weighted by molar-refractivity contribution is 0.559. The van der Waals surface area contributed by atoms with Gasteiger partial charge in [0.2, 0.25) is 0 Å². The molecule has 2 aliphatic rings. The van der Waals surface area contributed by atoms with E-state index < -0.39 is 0 Å². The average Bonchev–Trinajstić information content (AvgIpc) is 3.03. The van der Waals surface area contributed by atoms with Crippen LogP contribution in [-0.4, -0.2) is 12.4 Å². The molecular formula is C15H22N2S. The van der Waals surface area contributed by atoms with Crippen LogP contribution in [0.25, 0.3) is 0 Å². The second-order valence-corrected chi connectivity index (χ2v) is 6.45. The molecule has 1 aliphatic carbocycles. The van der Waals surface area contributed by atoms with Crippen LogP contribution in [0.1, 0.15) is 55.9 Å². The van der Waals surface area contributed by atoms with E-state index in [-0.39, 0.29) is 0 Å². The van der Waals surface area contributed by atoms with E-state index in [1.807, 2.05) is 11.3 Å². The van der Waals surface area contributed by atoms with Gasteiger partial charge in [-0.15, -0.1) is 11.3 Å². The molecule has 3 heteroatoms. The van der Waals surface area contributed by atoms with Gasteiger partial charge in [0.25, 0.3) is 0 Å². The van der Waals surface area contributed by atoms with Crippen LogP contribution in [0.15, 0.2) is 22.5 Å². The molecule has 1 aliphatic heterocycles. The maximum atomic E-state index is 4.75. The summed E-state index contributed by atoms with van der Waals surface area (Å²) in [5, 5.41) is 5.94. The standard InChI is InChI=1S/C15H22N2S/c1-2-4-10-16-14(7-3-1)17-15(12-8-9-12)13-6-5-11-18-13/h5-6,11-12,15H,1-4,7-10H2,(H,16,17). The molecule has 0 bridgehead atoms. The molecule has 0 radical (unpaired) electrons. The Bertz CT molecular complexity index is 393. The van der Waals surface area contributed by atoms with Crippen LogP contribution in [-0.2, 0) is 0 Å². The van der Waals surface area contributed by atoms with Crippen LogP contribution >= 0.6 is 11.3 Å². The zero-order valence-electron chi connectivity index (χ0n) is 10.9.